The summed E-state index contributed by atoms with van der Waals surface area (Å²) in [7, 11) is 0. The van der Waals surface area contributed by atoms with Crippen molar-refractivity contribution in [1.82, 2.24) is 0 Å². The lowest BCUT2D eigenvalue weighted by atomic mass is 9.47. The molecular weight excluding hydrogens is 276 g/mol. The Morgan fingerprint density at radius 3 is 2.29 bits per heavy atom. The Hall–Kier alpha value is -0.860. The van der Waals surface area contributed by atoms with Crippen LogP contribution >= 0.6 is 11.3 Å². The molecule has 1 N–H and O–H groups in total. The smallest absolute Gasteiger partial charge is 0.0860 e. The van der Waals surface area contributed by atoms with Crippen molar-refractivity contribution in [3.8, 4) is 0 Å². The number of benzene rings is 1. The number of aliphatic hydroxyl groups is 1. The molecule has 4 saturated carbocycles. The fourth-order valence-electron chi connectivity index (χ4n) is 6.05. The molecule has 0 aliphatic heterocycles. The van der Waals surface area contributed by atoms with Gasteiger partial charge in [-0.25, -0.2) is 0 Å². The maximum absolute atomic E-state index is 11.3. The van der Waals surface area contributed by atoms with E-state index in [2.05, 4.69) is 29.6 Å². The van der Waals surface area contributed by atoms with Gasteiger partial charge in [-0.3, -0.25) is 0 Å². The molecule has 4 bridgehead atoms. The Morgan fingerprint density at radius 2 is 1.62 bits per heavy atom. The van der Waals surface area contributed by atoms with E-state index in [0.717, 1.165) is 17.8 Å². The topological polar surface area (TPSA) is 20.2 Å². The van der Waals surface area contributed by atoms with Crippen LogP contribution < -0.4 is 0 Å². The van der Waals surface area contributed by atoms with Crippen LogP contribution in [0.15, 0.2) is 29.6 Å². The molecule has 1 unspecified atom stereocenters. The molecule has 4 aliphatic rings. The SMILES string of the molecule is OC(c1csc2ccccc12)C12CC3CC(CC(C3)C1)C2. The summed E-state index contributed by atoms with van der Waals surface area (Å²) < 4.78 is 1.32. The van der Waals surface area contributed by atoms with Crippen molar-refractivity contribution in [2.24, 2.45) is 23.2 Å². The zero-order valence-corrected chi connectivity index (χ0v) is 13.1. The van der Waals surface area contributed by atoms with E-state index in [1.165, 1.54) is 54.2 Å². The van der Waals surface area contributed by atoms with Crippen LogP contribution in [-0.4, -0.2) is 5.11 Å². The molecule has 2 aromatic rings. The molecule has 1 atom stereocenters. The van der Waals surface area contributed by atoms with E-state index in [4.69, 9.17) is 0 Å². The zero-order valence-electron chi connectivity index (χ0n) is 12.3. The molecule has 4 aliphatic carbocycles. The third-order valence-corrected chi connectivity index (χ3v) is 7.45. The highest BCUT2D eigenvalue weighted by Crippen LogP contribution is 2.64. The highest BCUT2D eigenvalue weighted by atomic mass is 32.1. The average Bonchev–Trinajstić information content (AvgIpc) is 2.89. The monoisotopic (exact) mass is 298 g/mol. The van der Waals surface area contributed by atoms with Gasteiger partial charge >= 0.3 is 0 Å². The molecule has 6 rings (SSSR count). The minimum absolute atomic E-state index is 0.193. The Balaban J connectivity index is 1.57. The van der Waals surface area contributed by atoms with Crippen molar-refractivity contribution in [1.29, 1.82) is 0 Å². The van der Waals surface area contributed by atoms with Gasteiger partial charge in [-0.15, -0.1) is 11.3 Å². The van der Waals surface area contributed by atoms with Gasteiger partial charge in [0.15, 0.2) is 0 Å². The molecule has 21 heavy (non-hydrogen) atoms. The van der Waals surface area contributed by atoms with E-state index in [1.54, 1.807) is 11.3 Å². The summed E-state index contributed by atoms with van der Waals surface area (Å²) in [5.41, 5.74) is 1.40. The molecule has 1 heterocycles. The third kappa shape index (κ3) is 1.78. The van der Waals surface area contributed by atoms with Gasteiger partial charge in [0.25, 0.3) is 0 Å². The van der Waals surface area contributed by atoms with Crippen molar-refractivity contribution in [2.75, 3.05) is 0 Å². The second-order valence-corrected chi connectivity index (χ2v) is 8.78. The summed E-state index contributed by atoms with van der Waals surface area (Å²) in [6.45, 7) is 0. The van der Waals surface area contributed by atoms with E-state index in [-0.39, 0.29) is 11.5 Å². The number of hydrogen-bond acceptors (Lipinski definition) is 2. The molecule has 0 amide bonds. The predicted octanol–water partition coefficient (Wildman–Crippen LogP) is 5.15. The van der Waals surface area contributed by atoms with Crippen molar-refractivity contribution in [2.45, 2.75) is 44.6 Å². The lowest BCUT2D eigenvalue weighted by Gasteiger charge is -2.58. The Bertz CT molecular complexity index is 650. The summed E-state index contributed by atoms with van der Waals surface area (Å²) in [6, 6.07) is 8.56. The van der Waals surface area contributed by atoms with Crippen LogP contribution in [0.4, 0.5) is 0 Å². The Labute approximate surface area is 130 Å². The van der Waals surface area contributed by atoms with Crippen molar-refractivity contribution >= 4 is 21.4 Å². The van der Waals surface area contributed by atoms with Gasteiger partial charge in [0.05, 0.1) is 6.10 Å². The third-order valence-electron chi connectivity index (χ3n) is 6.47. The summed E-state index contributed by atoms with van der Waals surface area (Å²) in [5, 5.41) is 14.8. The van der Waals surface area contributed by atoms with Gasteiger partial charge in [-0.2, -0.15) is 0 Å². The Kier molecular flexibility index (Phi) is 2.61. The van der Waals surface area contributed by atoms with E-state index in [1.807, 2.05) is 0 Å². The molecule has 1 aromatic carbocycles. The van der Waals surface area contributed by atoms with Crippen LogP contribution in [0, 0.1) is 23.2 Å². The first-order valence-electron chi connectivity index (χ1n) is 8.38. The first kappa shape index (κ1) is 12.7. The van der Waals surface area contributed by atoms with Gasteiger partial charge in [0, 0.05) is 10.1 Å². The van der Waals surface area contributed by atoms with Crippen LogP contribution in [0.5, 0.6) is 0 Å². The second-order valence-electron chi connectivity index (χ2n) is 7.87. The molecule has 0 radical (unpaired) electrons. The van der Waals surface area contributed by atoms with E-state index in [0.29, 0.717) is 0 Å². The quantitative estimate of drug-likeness (QED) is 0.812. The lowest BCUT2D eigenvalue weighted by Crippen LogP contribution is -2.48. The van der Waals surface area contributed by atoms with E-state index >= 15 is 0 Å². The molecule has 0 saturated heterocycles. The number of thiophene rings is 1. The maximum atomic E-state index is 11.3. The van der Waals surface area contributed by atoms with E-state index < -0.39 is 0 Å². The van der Waals surface area contributed by atoms with Crippen LogP contribution in [0.3, 0.4) is 0 Å². The summed E-state index contributed by atoms with van der Waals surface area (Å²) >= 11 is 1.79. The lowest BCUT2D eigenvalue weighted by molar-refractivity contribution is -0.121. The summed E-state index contributed by atoms with van der Waals surface area (Å²) in [4.78, 5) is 0. The second kappa shape index (κ2) is 4.33. The number of aliphatic hydroxyl groups excluding tert-OH is 1. The molecule has 4 fully saturated rings. The van der Waals surface area contributed by atoms with Gasteiger partial charge in [0.1, 0.15) is 0 Å². The maximum Gasteiger partial charge on any atom is 0.0860 e. The Morgan fingerprint density at radius 1 is 1.00 bits per heavy atom. The number of rotatable bonds is 2. The highest BCUT2D eigenvalue weighted by molar-refractivity contribution is 7.17. The predicted molar refractivity (Wildman–Crippen MR) is 87.4 cm³/mol. The van der Waals surface area contributed by atoms with Gasteiger partial charge < -0.3 is 5.11 Å². The van der Waals surface area contributed by atoms with E-state index in [9.17, 15) is 5.11 Å². The molecule has 110 valence electrons. The van der Waals surface area contributed by atoms with Crippen molar-refractivity contribution in [3.05, 3.63) is 35.2 Å². The minimum atomic E-state index is -0.248. The summed E-state index contributed by atoms with van der Waals surface area (Å²) in [6.07, 6.45) is 7.88. The fraction of sp³-hybridized carbons (Fsp3) is 0.579. The molecule has 1 nitrogen and oxygen atoms in total. The first-order chi connectivity index (χ1) is 10.2. The van der Waals surface area contributed by atoms with Gasteiger partial charge in [0.2, 0.25) is 0 Å². The number of hydrogen-bond donors (Lipinski definition) is 1. The zero-order chi connectivity index (χ0) is 14.0. The molecule has 0 spiro atoms. The minimum Gasteiger partial charge on any atom is -0.388 e. The van der Waals surface area contributed by atoms with Crippen LogP contribution in [0.25, 0.3) is 10.1 Å². The van der Waals surface area contributed by atoms with Crippen LogP contribution in [0.2, 0.25) is 0 Å². The average molecular weight is 298 g/mol. The van der Waals surface area contributed by atoms with Crippen LogP contribution in [0.1, 0.15) is 50.2 Å². The van der Waals surface area contributed by atoms with Crippen molar-refractivity contribution < 1.29 is 5.11 Å². The standard InChI is InChI=1S/C19H22OS/c20-18(16-11-21-17-4-2-1-3-15(16)17)19-8-12-5-13(9-19)7-14(6-12)10-19/h1-4,11-14,18,20H,5-10H2. The van der Waals surface area contributed by atoms with Crippen molar-refractivity contribution in [3.63, 3.8) is 0 Å². The van der Waals surface area contributed by atoms with Crippen LogP contribution in [-0.2, 0) is 0 Å². The fourth-order valence-corrected chi connectivity index (χ4v) is 7.03. The van der Waals surface area contributed by atoms with Gasteiger partial charge in [-0.1, -0.05) is 18.2 Å². The molecule has 1 aromatic heterocycles. The van der Waals surface area contributed by atoms with Gasteiger partial charge in [-0.05, 0) is 78.7 Å². The number of fused-ring (bicyclic) bond motifs is 1. The normalized spacial score (nSPS) is 39.0. The molecular formula is C19H22OS. The largest absolute Gasteiger partial charge is 0.388 e. The first-order valence-corrected chi connectivity index (χ1v) is 9.26. The molecule has 2 heteroatoms. The summed E-state index contributed by atoms with van der Waals surface area (Å²) in [5.74, 6) is 2.70. The highest BCUT2D eigenvalue weighted by Gasteiger charge is 2.54.